The van der Waals surface area contributed by atoms with E-state index in [9.17, 15) is 14.4 Å². The van der Waals surface area contributed by atoms with E-state index in [1.807, 2.05) is 6.92 Å². The Morgan fingerprint density at radius 2 is 1.83 bits per heavy atom. The molecule has 1 heterocycles. The molecule has 1 atom stereocenters. The Labute approximate surface area is 175 Å². The van der Waals surface area contributed by atoms with Crippen molar-refractivity contribution in [3.05, 3.63) is 71.8 Å². The number of hydrogen-bond donors (Lipinski definition) is 1. The molecular weight excluding hydrogens is 384 g/mol. The van der Waals surface area contributed by atoms with Gasteiger partial charge in [-0.2, -0.15) is 0 Å². The fourth-order valence-corrected chi connectivity index (χ4v) is 3.16. The van der Waals surface area contributed by atoms with Gasteiger partial charge in [0.2, 0.25) is 0 Å². The van der Waals surface area contributed by atoms with Gasteiger partial charge in [-0.25, -0.2) is 4.79 Å². The topological polar surface area (TPSA) is 84.9 Å². The average Bonchev–Trinajstić information content (AvgIpc) is 2.96. The minimum Gasteiger partial charge on any atom is -0.497 e. The Morgan fingerprint density at radius 3 is 2.47 bits per heavy atom. The third kappa shape index (κ3) is 4.20. The number of benzene rings is 2. The quantitative estimate of drug-likeness (QED) is 0.412. The van der Waals surface area contributed by atoms with Gasteiger partial charge < -0.3 is 14.8 Å². The van der Waals surface area contributed by atoms with E-state index in [-0.39, 0.29) is 12.3 Å². The number of carbonyl (C=O) groups is 3. The van der Waals surface area contributed by atoms with Crippen LogP contribution >= 0.6 is 0 Å². The lowest BCUT2D eigenvalue weighted by Crippen LogP contribution is -2.41. The van der Waals surface area contributed by atoms with Gasteiger partial charge in [0, 0.05) is 5.56 Å². The van der Waals surface area contributed by atoms with Crippen molar-refractivity contribution in [3.63, 3.8) is 0 Å². The minimum absolute atomic E-state index is 0.354. The van der Waals surface area contributed by atoms with Crippen LogP contribution in [0, 0.1) is 0 Å². The first-order valence-electron chi connectivity index (χ1n) is 9.43. The van der Waals surface area contributed by atoms with Gasteiger partial charge in [-0.15, -0.1) is 0 Å². The monoisotopic (exact) mass is 408 g/mol. The lowest BCUT2D eigenvalue weighted by Gasteiger charge is -2.22. The number of ketones is 1. The number of nitrogens with zero attached hydrogens (tertiary/aromatic N) is 1. The van der Waals surface area contributed by atoms with Crippen LogP contribution in [0.3, 0.4) is 0 Å². The van der Waals surface area contributed by atoms with Crippen LogP contribution < -0.4 is 14.8 Å². The van der Waals surface area contributed by atoms with E-state index in [1.54, 1.807) is 55.5 Å². The molecule has 2 aromatic rings. The zero-order valence-corrected chi connectivity index (χ0v) is 17.2. The molecule has 1 fully saturated rings. The van der Waals surface area contributed by atoms with Gasteiger partial charge in [0.25, 0.3) is 5.91 Å². The normalized spacial score (nSPS) is 18.2. The van der Waals surface area contributed by atoms with Gasteiger partial charge in [-0.1, -0.05) is 30.8 Å². The summed E-state index contributed by atoms with van der Waals surface area (Å²) in [4.78, 5) is 39.1. The number of imide groups is 1. The van der Waals surface area contributed by atoms with E-state index in [4.69, 9.17) is 9.47 Å². The summed E-state index contributed by atoms with van der Waals surface area (Å²) >= 11 is 0. The van der Waals surface area contributed by atoms with Gasteiger partial charge in [-0.3, -0.25) is 14.5 Å². The number of nitrogens with one attached hydrogen (secondary N) is 1. The van der Waals surface area contributed by atoms with Crippen LogP contribution in [-0.4, -0.2) is 42.9 Å². The van der Waals surface area contributed by atoms with E-state index in [2.05, 4.69) is 11.9 Å². The van der Waals surface area contributed by atoms with Crippen LogP contribution in [0.25, 0.3) is 0 Å². The van der Waals surface area contributed by atoms with E-state index in [1.165, 1.54) is 7.11 Å². The lowest BCUT2D eigenvalue weighted by molar-refractivity contribution is -0.130. The summed E-state index contributed by atoms with van der Waals surface area (Å²) in [7, 11) is 1.50. The maximum Gasteiger partial charge on any atom is 0.325 e. The molecule has 7 nitrogen and oxygen atoms in total. The van der Waals surface area contributed by atoms with Crippen molar-refractivity contribution in [1.82, 2.24) is 10.2 Å². The highest BCUT2D eigenvalue weighted by Crippen LogP contribution is 2.30. The smallest absolute Gasteiger partial charge is 0.325 e. The standard InChI is InChI=1S/C23H24N2O5/c1-15(2)14-30-18-10-8-17(9-11-18)23(3)21(27)25(22(28)24-23)13-20(26)16-6-5-7-19(12-16)29-4/h5-12H,1,13-14H2,2-4H3,(H,24,28). The molecule has 1 aliphatic heterocycles. The van der Waals surface area contributed by atoms with Crippen molar-refractivity contribution in [2.24, 2.45) is 0 Å². The van der Waals surface area contributed by atoms with Crippen molar-refractivity contribution in [2.45, 2.75) is 19.4 Å². The zero-order chi connectivity index (χ0) is 21.9. The van der Waals surface area contributed by atoms with Crippen molar-refractivity contribution in [3.8, 4) is 11.5 Å². The Kier molecular flexibility index (Phi) is 5.91. The number of Topliss-reactive ketones (excluding diaryl/α,β-unsaturated/α-hetero) is 1. The van der Waals surface area contributed by atoms with E-state index < -0.39 is 17.5 Å². The summed E-state index contributed by atoms with van der Waals surface area (Å²) in [5, 5.41) is 2.70. The third-order valence-electron chi connectivity index (χ3n) is 4.89. The number of urea groups is 1. The SMILES string of the molecule is C=C(C)COc1ccc(C2(C)NC(=O)N(CC(=O)c3cccc(OC)c3)C2=O)cc1. The predicted octanol–water partition coefficient (Wildman–Crippen LogP) is 3.30. The lowest BCUT2D eigenvalue weighted by atomic mass is 9.92. The largest absolute Gasteiger partial charge is 0.497 e. The van der Waals surface area contributed by atoms with Crippen molar-refractivity contribution in [2.75, 3.05) is 20.3 Å². The second-order valence-corrected chi connectivity index (χ2v) is 7.37. The third-order valence-corrected chi connectivity index (χ3v) is 4.89. The highest BCUT2D eigenvalue weighted by molar-refractivity contribution is 6.11. The summed E-state index contributed by atoms with van der Waals surface area (Å²) in [5.41, 5.74) is 0.585. The molecule has 0 aromatic heterocycles. The van der Waals surface area contributed by atoms with Gasteiger partial charge in [-0.05, 0) is 49.2 Å². The summed E-state index contributed by atoms with van der Waals surface area (Å²) in [5.74, 6) is 0.313. The molecule has 1 aliphatic rings. The molecule has 3 rings (SSSR count). The first kappa shape index (κ1) is 21.1. The highest BCUT2D eigenvalue weighted by atomic mass is 16.5. The molecule has 7 heteroatoms. The molecule has 0 spiro atoms. The highest BCUT2D eigenvalue weighted by Gasteiger charge is 2.49. The Balaban J connectivity index is 1.76. The first-order valence-corrected chi connectivity index (χ1v) is 9.43. The molecule has 3 amide bonds. The number of methoxy groups -OCH3 is 1. The molecule has 30 heavy (non-hydrogen) atoms. The molecule has 0 saturated carbocycles. The van der Waals surface area contributed by atoms with Crippen molar-refractivity contribution in [1.29, 1.82) is 0 Å². The molecule has 0 bridgehead atoms. The fraction of sp³-hybridized carbons (Fsp3) is 0.261. The number of amides is 3. The van der Waals surface area contributed by atoms with E-state index >= 15 is 0 Å². The molecule has 0 radical (unpaired) electrons. The molecule has 0 aliphatic carbocycles. The van der Waals surface area contributed by atoms with Crippen LogP contribution in [0.4, 0.5) is 4.79 Å². The van der Waals surface area contributed by atoms with Crippen molar-refractivity contribution < 1.29 is 23.9 Å². The molecule has 156 valence electrons. The molecule has 1 unspecified atom stereocenters. The molecular formula is C23H24N2O5. The van der Waals surface area contributed by atoms with Crippen LogP contribution in [0.5, 0.6) is 11.5 Å². The van der Waals surface area contributed by atoms with Crippen LogP contribution in [0.2, 0.25) is 0 Å². The summed E-state index contributed by atoms with van der Waals surface area (Å²) in [6, 6.07) is 12.9. The maximum absolute atomic E-state index is 13.1. The second kappa shape index (κ2) is 8.41. The Morgan fingerprint density at radius 1 is 1.13 bits per heavy atom. The van der Waals surface area contributed by atoms with Crippen LogP contribution in [-0.2, 0) is 10.3 Å². The summed E-state index contributed by atoms with van der Waals surface area (Å²) in [6.07, 6.45) is 0. The fourth-order valence-electron chi connectivity index (χ4n) is 3.16. The maximum atomic E-state index is 13.1. The van der Waals surface area contributed by atoms with E-state index in [0.29, 0.717) is 29.2 Å². The second-order valence-electron chi connectivity index (χ2n) is 7.37. The molecule has 1 saturated heterocycles. The van der Waals surface area contributed by atoms with Crippen LogP contribution in [0.1, 0.15) is 29.8 Å². The van der Waals surface area contributed by atoms with Gasteiger partial charge >= 0.3 is 6.03 Å². The minimum atomic E-state index is -1.27. The van der Waals surface area contributed by atoms with Crippen LogP contribution in [0.15, 0.2) is 60.7 Å². The summed E-state index contributed by atoms with van der Waals surface area (Å²) < 4.78 is 10.7. The zero-order valence-electron chi connectivity index (χ0n) is 17.2. The number of carbonyl (C=O) groups excluding carboxylic acids is 3. The Bertz CT molecular complexity index is 999. The summed E-state index contributed by atoms with van der Waals surface area (Å²) in [6.45, 7) is 7.31. The van der Waals surface area contributed by atoms with Gasteiger partial charge in [0.15, 0.2) is 5.78 Å². The van der Waals surface area contributed by atoms with Crippen molar-refractivity contribution >= 4 is 17.7 Å². The van der Waals surface area contributed by atoms with E-state index in [0.717, 1.165) is 10.5 Å². The van der Waals surface area contributed by atoms with Gasteiger partial charge in [0.05, 0.1) is 13.7 Å². The Hall–Kier alpha value is -3.61. The number of ether oxygens (including phenoxy) is 2. The van der Waals surface area contributed by atoms with Gasteiger partial charge in [0.1, 0.15) is 23.6 Å². The molecule has 1 N–H and O–H groups in total. The molecule has 2 aromatic carbocycles. The predicted molar refractivity (Wildman–Crippen MR) is 112 cm³/mol. The average molecular weight is 408 g/mol. The number of hydrogen-bond acceptors (Lipinski definition) is 5. The number of rotatable bonds is 8. The first-order chi connectivity index (χ1) is 14.2.